The Morgan fingerprint density at radius 3 is 2.67 bits per heavy atom. The summed E-state index contributed by atoms with van der Waals surface area (Å²) in [5.74, 6) is 5.56. The van der Waals surface area contributed by atoms with E-state index < -0.39 is 17.1 Å². The normalized spacial score (nSPS) is 17.7. The highest BCUT2D eigenvalue weighted by molar-refractivity contribution is 5.87. The van der Waals surface area contributed by atoms with Crippen LogP contribution in [0.5, 0.6) is 0 Å². The molecule has 0 radical (unpaired) electrons. The minimum absolute atomic E-state index is 0.00496. The van der Waals surface area contributed by atoms with Gasteiger partial charge < -0.3 is 16.1 Å². The molecule has 0 amide bonds. The summed E-state index contributed by atoms with van der Waals surface area (Å²) in [6.07, 6.45) is 3.08. The van der Waals surface area contributed by atoms with Crippen LogP contribution in [-0.4, -0.2) is 34.9 Å². The van der Waals surface area contributed by atoms with Crippen molar-refractivity contribution in [3.63, 3.8) is 0 Å². The number of anilines is 1. The SMILES string of the molecule is CCC(NCCC#N)C1CN(c2c(F)cc3c(=O)n(N)c(=O)n(C4CC4)c3c2C)C1. The minimum Gasteiger partial charge on any atom is -0.368 e. The highest BCUT2D eigenvalue weighted by atomic mass is 19.1. The Bertz CT molecular complexity index is 1140. The minimum atomic E-state index is -0.672. The van der Waals surface area contributed by atoms with Gasteiger partial charge in [-0.05, 0) is 32.3 Å². The van der Waals surface area contributed by atoms with Crippen LogP contribution < -0.4 is 27.3 Å². The maximum Gasteiger partial charge on any atom is 0.350 e. The van der Waals surface area contributed by atoms with Crippen LogP contribution in [-0.2, 0) is 0 Å². The maximum absolute atomic E-state index is 15.1. The van der Waals surface area contributed by atoms with E-state index in [9.17, 15) is 9.59 Å². The second-order valence-corrected chi connectivity index (χ2v) is 8.33. The summed E-state index contributed by atoms with van der Waals surface area (Å²) in [7, 11) is 0. The molecule has 1 atom stereocenters. The van der Waals surface area contributed by atoms with Gasteiger partial charge >= 0.3 is 5.69 Å². The van der Waals surface area contributed by atoms with Gasteiger partial charge in [0.25, 0.3) is 5.56 Å². The highest BCUT2D eigenvalue weighted by Crippen LogP contribution is 2.40. The van der Waals surface area contributed by atoms with Gasteiger partial charge in [0, 0.05) is 49.6 Å². The van der Waals surface area contributed by atoms with Gasteiger partial charge in [0.15, 0.2) is 0 Å². The highest BCUT2D eigenvalue weighted by Gasteiger charge is 2.36. The lowest BCUT2D eigenvalue weighted by Crippen LogP contribution is -2.56. The second-order valence-electron chi connectivity index (χ2n) is 8.33. The molecular weight excluding hydrogens is 387 g/mol. The molecule has 2 fully saturated rings. The average molecular weight is 414 g/mol. The molecule has 2 aliphatic rings. The largest absolute Gasteiger partial charge is 0.368 e. The molecule has 0 spiro atoms. The van der Waals surface area contributed by atoms with E-state index >= 15 is 4.39 Å². The monoisotopic (exact) mass is 414 g/mol. The Morgan fingerprint density at radius 1 is 1.37 bits per heavy atom. The summed E-state index contributed by atoms with van der Waals surface area (Å²) in [5, 5.41) is 12.3. The molecule has 160 valence electrons. The molecule has 2 aromatic rings. The molecule has 4 rings (SSSR count). The number of nitriles is 1. The Kier molecular flexibility index (Phi) is 5.28. The van der Waals surface area contributed by atoms with Gasteiger partial charge in [0.2, 0.25) is 0 Å². The smallest absolute Gasteiger partial charge is 0.350 e. The molecule has 1 aromatic heterocycles. The number of benzene rings is 1. The summed E-state index contributed by atoms with van der Waals surface area (Å²) in [4.78, 5) is 27.2. The predicted octanol–water partition coefficient (Wildman–Crippen LogP) is 1.38. The van der Waals surface area contributed by atoms with Gasteiger partial charge in [-0.1, -0.05) is 6.92 Å². The van der Waals surface area contributed by atoms with Crippen LogP contribution in [0.25, 0.3) is 10.9 Å². The number of nitrogens with one attached hydrogen (secondary N) is 1. The van der Waals surface area contributed by atoms with E-state index in [1.807, 2.05) is 4.90 Å². The van der Waals surface area contributed by atoms with Crippen LogP contribution in [0, 0.1) is 30.0 Å². The molecule has 30 heavy (non-hydrogen) atoms. The number of nitrogens with two attached hydrogens (primary N) is 1. The zero-order chi connectivity index (χ0) is 21.6. The average Bonchev–Trinajstić information content (AvgIpc) is 3.52. The van der Waals surface area contributed by atoms with Crippen LogP contribution >= 0.6 is 0 Å². The molecule has 1 unspecified atom stereocenters. The molecule has 1 aliphatic carbocycles. The Morgan fingerprint density at radius 2 is 2.07 bits per heavy atom. The van der Waals surface area contributed by atoms with Gasteiger partial charge in [0.1, 0.15) is 5.82 Å². The molecule has 3 N–H and O–H groups in total. The van der Waals surface area contributed by atoms with Crippen LogP contribution in [0.1, 0.15) is 44.2 Å². The summed E-state index contributed by atoms with van der Waals surface area (Å²) < 4.78 is 17.2. The van der Waals surface area contributed by atoms with Crippen molar-refractivity contribution in [2.24, 2.45) is 5.92 Å². The van der Waals surface area contributed by atoms with Gasteiger partial charge in [-0.2, -0.15) is 9.94 Å². The Hall–Kier alpha value is -2.86. The number of aryl methyl sites for hydroxylation is 1. The molecule has 2 heterocycles. The number of halogens is 1. The van der Waals surface area contributed by atoms with Crippen LogP contribution in [0.15, 0.2) is 15.7 Å². The number of fused-ring (bicyclic) bond motifs is 1. The van der Waals surface area contributed by atoms with E-state index in [0.717, 1.165) is 19.3 Å². The first-order valence-electron chi connectivity index (χ1n) is 10.5. The lowest BCUT2D eigenvalue weighted by atomic mass is 9.88. The fourth-order valence-corrected chi connectivity index (χ4v) is 4.63. The van der Waals surface area contributed by atoms with E-state index in [1.54, 1.807) is 11.5 Å². The lowest BCUT2D eigenvalue weighted by molar-refractivity contribution is 0.286. The first kappa shape index (κ1) is 20.4. The van der Waals surface area contributed by atoms with Gasteiger partial charge in [-0.3, -0.25) is 9.36 Å². The predicted molar refractivity (Wildman–Crippen MR) is 114 cm³/mol. The lowest BCUT2D eigenvalue weighted by Gasteiger charge is -2.45. The van der Waals surface area contributed by atoms with Crippen molar-refractivity contribution in [1.82, 2.24) is 14.6 Å². The van der Waals surface area contributed by atoms with Crippen LogP contribution in [0.4, 0.5) is 10.1 Å². The zero-order valence-corrected chi connectivity index (χ0v) is 17.3. The van der Waals surface area contributed by atoms with E-state index in [0.29, 0.717) is 53.4 Å². The van der Waals surface area contributed by atoms with Crippen molar-refractivity contribution < 1.29 is 4.39 Å². The first-order chi connectivity index (χ1) is 14.4. The van der Waals surface area contributed by atoms with Gasteiger partial charge in [-0.15, -0.1) is 0 Å². The molecular formula is C21H27FN6O2. The quantitative estimate of drug-likeness (QED) is 0.523. The first-order valence-corrected chi connectivity index (χ1v) is 10.5. The third-order valence-corrected chi connectivity index (χ3v) is 6.36. The number of hydrogen-bond donors (Lipinski definition) is 2. The summed E-state index contributed by atoms with van der Waals surface area (Å²) in [6, 6.07) is 3.63. The fourth-order valence-electron chi connectivity index (χ4n) is 4.63. The Labute approximate surface area is 173 Å². The standard InChI is InChI=1S/C21H27FN6O2/c1-3-17(25-8-4-7-23)13-10-26(11-13)19-12(2)18-15(9-16(19)22)20(29)28(24)21(30)27(18)14-5-6-14/h9,13-14,17,25H,3-6,8,10-11,24H2,1-2H3. The van der Waals surface area contributed by atoms with Crippen LogP contribution in [0.3, 0.4) is 0 Å². The summed E-state index contributed by atoms with van der Waals surface area (Å²) in [5.41, 5.74) is 0.331. The van der Waals surface area contributed by atoms with Crippen molar-refractivity contribution >= 4 is 16.6 Å². The van der Waals surface area contributed by atoms with Gasteiger partial charge in [0.05, 0.1) is 22.7 Å². The van der Waals surface area contributed by atoms with Crippen molar-refractivity contribution in [1.29, 1.82) is 5.26 Å². The third kappa shape index (κ3) is 3.25. The molecule has 9 heteroatoms. The van der Waals surface area contributed by atoms with E-state index in [-0.39, 0.29) is 17.5 Å². The topological polar surface area (TPSA) is 109 Å². The summed E-state index contributed by atoms with van der Waals surface area (Å²) >= 11 is 0. The van der Waals surface area contributed by atoms with Crippen molar-refractivity contribution in [3.05, 3.63) is 38.3 Å². The maximum atomic E-state index is 15.1. The Balaban J connectivity index is 1.69. The van der Waals surface area contributed by atoms with Crippen molar-refractivity contribution in [3.8, 4) is 6.07 Å². The number of nitrogens with zero attached hydrogens (tertiary/aromatic N) is 4. The molecule has 1 aromatic carbocycles. The number of rotatable bonds is 7. The number of aromatic nitrogens is 2. The van der Waals surface area contributed by atoms with Crippen molar-refractivity contribution in [2.75, 3.05) is 30.4 Å². The molecule has 1 saturated heterocycles. The van der Waals surface area contributed by atoms with E-state index in [1.165, 1.54) is 6.07 Å². The summed E-state index contributed by atoms with van der Waals surface area (Å²) in [6.45, 7) is 5.88. The van der Waals surface area contributed by atoms with Crippen LogP contribution in [0.2, 0.25) is 0 Å². The van der Waals surface area contributed by atoms with Crippen molar-refractivity contribution in [2.45, 2.75) is 51.6 Å². The fraction of sp³-hybridized carbons (Fsp3) is 0.571. The number of nitrogen functional groups attached to an aromatic ring is 1. The third-order valence-electron chi connectivity index (χ3n) is 6.36. The zero-order valence-electron chi connectivity index (χ0n) is 17.3. The van der Waals surface area contributed by atoms with E-state index in [4.69, 9.17) is 11.1 Å². The van der Waals surface area contributed by atoms with Gasteiger partial charge in [-0.25, -0.2) is 9.18 Å². The molecule has 1 saturated carbocycles. The van der Waals surface area contributed by atoms with E-state index in [2.05, 4.69) is 18.3 Å². The molecule has 8 nitrogen and oxygen atoms in total. The molecule has 1 aliphatic heterocycles. The molecule has 0 bridgehead atoms. The number of hydrogen-bond acceptors (Lipinski definition) is 6. The second kappa shape index (κ2) is 7.76.